The average Bonchev–Trinajstić information content (AvgIpc) is 2.73. The van der Waals surface area contributed by atoms with Gasteiger partial charge in [-0.3, -0.25) is 0 Å². The van der Waals surface area contributed by atoms with Crippen molar-refractivity contribution in [2.24, 2.45) is 5.73 Å². The van der Waals surface area contributed by atoms with Crippen LogP contribution in [0.1, 0.15) is 50.3 Å². The second-order valence-corrected chi connectivity index (χ2v) is 4.53. The zero-order chi connectivity index (χ0) is 11.5. The summed E-state index contributed by atoms with van der Waals surface area (Å²) >= 11 is 0. The third kappa shape index (κ3) is 2.10. The largest absolute Gasteiger partial charge is 0.381 e. The molecule has 1 aromatic rings. The van der Waals surface area contributed by atoms with Gasteiger partial charge in [0.05, 0.1) is 6.54 Å². The summed E-state index contributed by atoms with van der Waals surface area (Å²) in [6.07, 6.45) is 2.07. The zero-order valence-electron chi connectivity index (χ0n) is 10.0. The summed E-state index contributed by atoms with van der Waals surface area (Å²) in [5.74, 6) is 2.44. The minimum Gasteiger partial charge on any atom is -0.381 e. The second kappa shape index (κ2) is 4.93. The molecule has 0 bridgehead atoms. The van der Waals surface area contributed by atoms with Crippen molar-refractivity contribution in [1.82, 2.24) is 14.8 Å². The van der Waals surface area contributed by atoms with Crippen molar-refractivity contribution in [3.05, 3.63) is 11.6 Å². The molecule has 0 amide bonds. The number of nitrogens with two attached hydrogens (primary N) is 1. The van der Waals surface area contributed by atoms with Crippen molar-refractivity contribution in [2.75, 3.05) is 13.2 Å². The molecule has 5 nitrogen and oxygen atoms in total. The third-order valence-corrected chi connectivity index (χ3v) is 3.08. The van der Waals surface area contributed by atoms with Gasteiger partial charge in [-0.25, -0.2) is 0 Å². The van der Waals surface area contributed by atoms with E-state index in [0.717, 1.165) is 37.7 Å². The van der Waals surface area contributed by atoms with Gasteiger partial charge in [0.2, 0.25) is 0 Å². The number of rotatable bonds is 3. The van der Waals surface area contributed by atoms with E-state index in [0.29, 0.717) is 18.5 Å². The molecule has 0 radical (unpaired) electrons. The van der Waals surface area contributed by atoms with Gasteiger partial charge in [0.15, 0.2) is 0 Å². The van der Waals surface area contributed by atoms with Gasteiger partial charge in [-0.05, 0) is 26.7 Å². The normalized spacial score (nSPS) is 18.2. The molecule has 1 aliphatic heterocycles. The van der Waals surface area contributed by atoms with E-state index in [1.165, 1.54) is 0 Å². The molecule has 5 heteroatoms. The van der Waals surface area contributed by atoms with Gasteiger partial charge in [0.1, 0.15) is 11.6 Å². The van der Waals surface area contributed by atoms with Crippen LogP contribution in [0.4, 0.5) is 0 Å². The van der Waals surface area contributed by atoms with Crippen molar-refractivity contribution in [3.8, 4) is 0 Å². The fourth-order valence-electron chi connectivity index (χ4n) is 2.27. The van der Waals surface area contributed by atoms with Crippen LogP contribution in [0.15, 0.2) is 0 Å². The zero-order valence-corrected chi connectivity index (χ0v) is 10.0. The number of nitrogens with zero attached hydrogens (tertiary/aromatic N) is 3. The SMILES string of the molecule is CC(C)n1c(CN)nnc1C1CCOCC1. The van der Waals surface area contributed by atoms with Crippen molar-refractivity contribution < 1.29 is 4.74 Å². The predicted molar refractivity (Wildman–Crippen MR) is 61.1 cm³/mol. The van der Waals surface area contributed by atoms with E-state index < -0.39 is 0 Å². The lowest BCUT2D eigenvalue weighted by atomic mass is 9.99. The molecule has 1 aliphatic rings. The van der Waals surface area contributed by atoms with E-state index in [4.69, 9.17) is 10.5 Å². The molecule has 0 unspecified atom stereocenters. The first-order valence-corrected chi connectivity index (χ1v) is 5.95. The van der Waals surface area contributed by atoms with Crippen LogP contribution in [0.3, 0.4) is 0 Å². The molecule has 0 atom stereocenters. The molecular weight excluding hydrogens is 204 g/mol. The van der Waals surface area contributed by atoms with E-state index in [2.05, 4.69) is 28.6 Å². The van der Waals surface area contributed by atoms with Gasteiger partial charge >= 0.3 is 0 Å². The van der Waals surface area contributed by atoms with E-state index in [1.54, 1.807) is 0 Å². The average molecular weight is 224 g/mol. The van der Waals surface area contributed by atoms with E-state index in [1.807, 2.05) is 0 Å². The molecule has 2 N–H and O–H groups in total. The van der Waals surface area contributed by atoms with E-state index in [9.17, 15) is 0 Å². The maximum atomic E-state index is 5.68. The summed E-state index contributed by atoms with van der Waals surface area (Å²) in [4.78, 5) is 0. The van der Waals surface area contributed by atoms with Crippen LogP contribution >= 0.6 is 0 Å². The van der Waals surface area contributed by atoms with E-state index >= 15 is 0 Å². The smallest absolute Gasteiger partial charge is 0.147 e. The first kappa shape index (κ1) is 11.5. The first-order chi connectivity index (χ1) is 7.74. The summed E-state index contributed by atoms with van der Waals surface area (Å²) in [6, 6.07) is 0.367. The molecule has 2 rings (SSSR count). The molecule has 90 valence electrons. The van der Waals surface area contributed by atoms with Gasteiger partial charge in [0.25, 0.3) is 0 Å². The number of ether oxygens (including phenoxy) is 1. The highest BCUT2D eigenvalue weighted by Crippen LogP contribution is 2.27. The fourth-order valence-corrected chi connectivity index (χ4v) is 2.27. The standard InChI is InChI=1S/C11H20N4O/c1-8(2)15-10(7-12)13-14-11(15)9-3-5-16-6-4-9/h8-9H,3-7,12H2,1-2H3. The number of hydrogen-bond acceptors (Lipinski definition) is 4. The molecule has 16 heavy (non-hydrogen) atoms. The van der Waals surface area contributed by atoms with Crippen LogP contribution in [0.25, 0.3) is 0 Å². The third-order valence-electron chi connectivity index (χ3n) is 3.08. The Labute approximate surface area is 96.0 Å². The Balaban J connectivity index is 2.28. The van der Waals surface area contributed by atoms with Gasteiger partial charge in [0, 0.05) is 25.2 Å². The minimum atomic E-state index is 0.367. The van der Waals surface area contributed by atoms with Crippen LogP contribution in [-0.2, 0) is 11.3 Å². The maximum absolute atomic E-state index is 5.68. The topological polar surface area (TPSA) is 66.0 Å². The Morgan fingerprint density at radius 1 is 1.38 bits per heavy atom. The maximum Gasteiger partial charge on any atom is 0.147 e. The highest BCUT2D eigenvalue weighted by molar-refractivity contribution is 5.04. The molecule has 0 saturated carbocycles. The lowest BCUT2D eigenvalue weighted by molar-refractivity contribution is 0.0824. The van der Waals surface area contributed by atoms with Crippen LogP contribution in [0.2, 0.25) is 0 Å². The van der Waals surface area contributed by atoms with Gasteiger partial charge in [-0.2, -0.15) is 0 Å². The highest BCUT2D eigenvalue weighted by atomic mass is 16.5. The Bertz CT molecular complexity index is 342. The van der Waals surface area contributed by atoms with Crippen LogP contribution < -0.4 is 5.73 Å². The van der Waals surface area contributed by atoms with Crippen LogP contribution in [0.5, 0.6) is 0 Å². The Kier molecular flexibility index (Phi) is 3.56. The first-order valence-electron chi connectivity index (χ1n) is 5.95. The molecule has 0 aliphatic carbocycles. The molecule has 2 heterocycles. The Morgan fingerprint density at radius 2 is 2.06 bits per heavy atom. The quantitative estimate of drug-likeness (QED) is 0.838. The molecule has 0 aromatic carbocycles. The molecule has 1 aromatic heterocycles. The lowest BCUT2D eigenvalue weighted by Gasteiger charge is -2.23. The van der Waals surface area contributed by atoms with Gasteiger partial charge in [-0.1, -0.05) is 0 Å². The van der Waals surface area contributed by atoms with Crippen molar-refractivity contribution in [1.29, 1.82) is 0 Å². The number of aromatic nitrogens is 3. The summed E-state index contributed by atoms with van der Waals surface area (Å²) in [5, 5.41) is 8.49. The van der Waals surface area contributed by atoms with Gasteiger partial charge in [-0.15, -0.1) is 10.2 Å². The fraction of sp³-hybridized carbons (Fsp3) is 0.818. The molecule has 0 spiro atoms. The summed E-state index contributed by atoms with van der Waals surface area (Å²) in [6.45, 7) is 6.40. The van der Waals surface area contributed by atoms with Crippen LogP contribution in [-0.4, -0.2) is 28.0 Å². The predicted octanol–water partition coefficient (Wildman–Crippen LogP) is 1.21. The van der Waals surface area contributed by atoms with Crippen molar-refractivity contribution in [2.45, 2.75) is 45.2 Å². The summed E-state index contributed by atoms with van der Waals surface area (Å²) < 4.78 is 7.55. The monoisotopic (exact) mass is 224 g/mol. The molecule has 1 saturated heterocycles. The second-order valence-electron chi connectivity index (χ2n) is 4.53. The van der Waals surface area contributed by atoms with E-state index in [-0.39, 0.29) is 0 Å². The van der Waals surface area contributed by atoms with Crippen LogP contribution in [0, 0.1) is 0 Å². The molecular formula is C11H20N4O. The lowest BCUT2D eigenvalue weighted by Crippen LogP contribution is -2.20. The van der Waals surface area contributed by atoms with Gasteiger partial charge < -0.3 is 15.0 Å². The van der Waals surface area contributed by atoms with Crippen molar-refractivity contribution in [3.63, 3.8) is 0 Å². The summed E-state index contributed by atoms with van der Waals surface area (Å²) in [5.41, 5.74) is 5.68. The van der Waals surface area contributed by atoms with Crippen molar-refractivity contribution >= 4 is 0 Å². The number of hydrogen-bond donors (Lipinski definition) is 1. The molecule has 1 fully saturated rings. The Hall–Kier alpha value is -0.940. The summed E-state index contributed by atoms with van der Waals surface area (Å²) in [7, 11) is 0. The Morgan fingerprint density at radius 3 is 2.62 bits per heavy atom. The minimum absolute atomic E-state index is 0.367. The highest BCUT2D eigenvalue weighted by Gasteiger charge is 2.24.